The smallest absolute Gasteiger partial charge is 0.258 e. The Morgan fingerprint density at radius 2 is 1.70 bits per heavy atom. The Morgan fingerprint density at radius 1 is 1.03 bits per heavy atom. The van der Waals surface area contributed by atoms with E-state index >= 15 is 0 Å². The second-order valence-corrected chi connectivity index (χ2v) is 7.86. The molecular formula is C24H29N4O2+. The fraction of sp³-hybridized carbons (Fsp3) is 0.333. The molecule has 156 valence electrons. The molecular weight excluding hydrogens is 376 g/mol. The normalized spacial score (nSPS) is 14.7. The molecule has 4 rings (SSSR count). The van der Waals surface area contributed by atoms with Gasteiger partial charge in [0.2, 0.25) is 0 Å². The van der Waals surface area contributed by atoms with Gasteiger partial charge in [0.15, 0.2) is 0 Å². The third-order valence-electron chi connectivity index (χ3n) is 5.88. The van der Waals surface area contributed by atoms with E-state index in [9.17, 15) is 4.79 Å². The fourth-order valence-electron chi connectivity index (χ4n) is 4.17. The topological polar surface area (TPSA) is 51.8 Å². The zero-order valence-electron chi connectivity index (χ0n) is 17.9. The average molecular weight is 406 g/mol. The zero-order valence-corrected chi connectivity index (χ0v) is 17.9. The summed E-state index contributed by atoms with van der Waals surface area (Å²) in [4.78, 5) is 16.7. The Labute approximate surface area is 177 Å². The van der Waals surface area contributed by atoms with Gasteiger partial charge in [-0.25, -0.2) is 4.68 Å². The highest BCUT2D eigenvalue weighted by atomic mass is 16.5. The molecule has 30 heavy (non-hydrogen) atoms. The van der Waals surface area contributed by atoms with Crippen molar-refractivity contribution in [2.45, 2.75) is 20.4 Å². The maximum Gasteiger partial charge on any atom is 0.258 e. The molecule has 0 radical (unpaired) electrons. The van der Waals surface area contributed by atoms with Crippen LogP contribution in [-0.4, -0.2) is 53.9 Å². The van der Waals surface area contributed by atoms with Gasteiger partial charge in [-0.2, -0.15) is 5.10 Å². The van der Waals surface area contributed by atoms with Crippen LogP contribution in [0.15, 0.2) is 54.6 Å². The van der Waals surface area contributed by atoms with Gasteiger partial charge in [-0.3, -0.25) is 4.79 Å². The molecule has 0 unspecified atom stereocenters. The molecule has 3 aromatic rings. The van der Waals surface area contributed by atoms with Crippen molar-refractivity contribution in [2.75, 3.05) is 33.3 Å². The van der Waals surface area contributed by atoms with Crippen molar-refractivity contribution in [3.63, 3.8) is 0 Å². The van der Waals surface area contributed by atoms with Gasteiger partial charge in [-0.1, -0.05) is 18.2 Å². The van der Waals surface area contributed by atoms with E-state index in [0.717, 1.165) is 61.1 Å². The van der Waals surface area contributed by atoms with Crippen molar-refractivity contribution >= 4 is 5.91 Å². The third kappa shape index (κ3) is 4.09. The number of quaternary nitrogens is 1. The van der Waals surface area contributed by atoms with Crippen LogP contribution in [0.25, 0.3) is 5.69 Å². The quantitative estimate of drug-likeness (QED) is 0.707. The average Bonchev–Trinajstić information content (AvgIpc) is 3.09. The minimum Gasteiger partial charge on any atom is -0.497 e. The summed E-state index contributed by atoms with van der Waals surface area (Å²) in [6, 6.07) is 18.2. The molecule has 1 N–H and O–H groups in total. The summed E-state index contributed by atoms with van der Waals surface area (Å²) in [7, 11) is 1.68. The lowest BCUT2D eigenvalue weighted by Gasteiger charge is -2.32. The van der Waals surface area contributed by atoms with E-state index in [1.54, 1.807) is 7.11 Å². The number of ether oxygens (including phenoxy) is 1. The maximum atomic E-state index is 13.3. The fourth-order valence-corrected chi connectivity index (χ4v) is 4.17. The zero-order chi connectivity index (χ0) is 21.1. The number of nitrogens with one attached hydrogen (secondary N) is 1. The summed E-state index contributed by atoms with van der Waals surface area (Å²) in [6.45, 7) is 8.29. The molecule has 1 aromatic heterocycles. The number of rotatable bonds is 5. The third-order valence-corrected chi connectivity index (χ3v) is 5.88. The lowest BCUT2D eigenvalue weighted by Crippen LogP contribution is -3.13. The second kappa shape index (κ2) is 8.71. The van der Waals surface area contributed by atoms with Crippen LogP contribution in [0.4, 0.5) is 0 Å². The number of aromatic nitrogens is 2. The predicted molar refractivity (Wildman–Crippen MR) is 116 cm³/mol. The molecule has 1 amide bonds. The van der Waals surface area contributed by atoms with Gasteiger partial charge in [-0.05, 0) is 50.2 Å². The lowest BCUT2D eigenvalue weighted by atomic mass is 10.1. The first-order chi connectivity index (χ1) is 14.6. The number of hydrogen-bond donors (Lipinski definition) is 1. The van der Waals surface area contributed by atoms with Crippen molar-refractivity contribution in [3.8, 4) is 11.4 Å². The van der Waals surface area contributed by atoms with E-state index in [0.29, 0.717) is 0 Å². The van der Waals surface area contributed by atoms with E-state index < -0.39 is 0 Å². The van der Waals surface area contributed by atoms with Crippen molar-refractivity contribution in [1.29, 1.82) is 0 Å². The Kier molecular flexibility index (Phi) is 5.86. The van der Waals surface area contributed by atoms with E-state index in [4.69, 9.17) is 4.74 Å². The first-order valence-electron chi connectivity index (χ1n) is 10.4. The van der Waals surface area contributed by atoms with E-state index in [1.807, 2.05) is 65.9 Å². The number of amides is 1. The van der Waals surface area contributed by atoms with Crippen molar-refractivity contribution in [3.05, 3.63) is 77.1 Å². The Bertz CT molecular complexity index is 1000. The Morgan fingerprint density at radius 3 is 2.33 bits per heavy atom. The molecule has 1 fully saturated rings. The molecule has 2 heterocycles. The van der Waals surface area contributed by atoms with Crippen LogP contribution in [0, 0.1) is 13.8 Å². The van der Waals surface area contributed by atoms with Crippen LogP contribution in [0.2, 0.25) is 0 Å². The van der Waals surface area contributed by atoms with E-state index in [2.05, 4.69) is 17.2 Å². The number of aryl methyl sites for hydroxylation is 1. The van der Waals surface area contributed by atoms with Crippen LogP contribution in [0.1, 0.15) is 27.3 Å². The number of carbonyl (C=O) groups excluding carboxylic acids is 1. The molecule has 1 saturated heterocycles. The van der Waals surface area contributed by atoms with Crippen molar-refractivity contribution < 1.29 is 14.4 Å². The SMILES string of the molecule is COc1ccc(C[NH+]2CCN(C(=O)c3c(C)nn(-c4ccccc4)c3C)CC2)cc1. The van der Waals surface area contributed by atoms with Gasteiger partial charge >= 0.3 is 0 Å². The largest absolute Gasteiger partial charge is 0.497 e. The number of nitrogens with zero attached hydrogens (tertiary/aromatic N) is 3. The Balaban J connectivity index is 1.41. The highest BCUT2D eigenvalue weighted by Gasteiger charge is 2.28. The van der Waals surface area contributed by atoms with Gasteiger partial charge in [0.1, 0.15) is 12.3 Å². The second-order valence-electron chi connectivity index (χ2n) is 7.86. The molecule has 1 aliphatic rings. The van der Waals surface area contributed by atoms with E-state index in [-0.39, 0.29) is 5.91 Å². The molecule has 0 bridgehead atoms. The number of methoxy groups -OCH3 is 1. The van der Waals surface area contributed by atoms with Gasteiger partial charge < -0.3 is 14.5 Å². The molecule has 0 atom stereocenters. The summed E-state index contributed by atoms with van der Waals surface area (Å²) in [5.74, 6) is 0.974. The molecule has 0 aliphatic carbocycles. The van der Waals surface area contributed by atoms with Gasteiger partial charge in [0.05, 0.1) is 55.9 Å². The monoisotopic (exact) mass is 405 g/mol. The van der Waals surface area contributed by atoms with Crippen molar-refractivity contribution in [2.24, 2.45) is 0 Å². The highest BCUT2D eigenvalue weighted by Crippen LogP contribution is 2.19. The number of hydrogen-bond acceptors (Lipinski definition) is 3. The molecule has 6 heteroatoms. The molecule has 6 nitrogen and oxygen atoms in total. The summed E-state index contributed by atoms with van der Waals surface area (Å²) >= 11 is 0. The first-order valence-corrected chi connectivity index (χ1v) is 10.4. The summed E-state index contributed by atoms with van der Waals surface area (Å²) in [6.07, 6.45) is 0. The highest BCUT2D eigenvalue weighted by molar-refractivity contribution is 5.96. The number of carbonyl (C=O) groups is 1. The predicted octanol–water partition coefficient (Wildman–Crippen LogP) is 2.04. The van der Waals surface area contributed by atoms with E-state index in [1.165, 1.54) is 10.5 Å². The van der Waals surface area contributed by atoms with Crippen LogP contribution >= 0.6 is 0 Å². The maximum absolute atomic E-state index is 13.3. The lowest BCUT2D eigenvalue weighted by molar-refractivity contribution is -0.917. The van der Waals surface area contributed by atoms with Crippen LogP contribution < -0.4 is 9.64 Å². The van der Waals surface area contributed by atoms with Gasteiger partial charge in [0, 0.05) is 5.56 Å². The van der Waals surface area contributed by atoms with Gasteiger partial charge in [0.25, 0.3) is 5.91 Å². The Hall–Kier alpha value is -3.12. The van der Waals surface area contributed by atoms with Crippen LogP contribution in [0.3, 0.4) is 0 Å². The van der Waals surface area contributed by atoms with Crippen LogP contribution in [0.5, 0.6) is 5.75 Å². The number of benzene rings is 2. The first kappa shape index (κ1) is 20.2. The summed E-state index contributed by atoms with van der Waals surface area (Å²) in [5, 5.41) is 4.63. The number of piperazine rings is 1. The van der Waals surface area contributed by atoms with Crippen LogP contribution in [-0.2, 0) is 6.54 Å². The summed E-state index contributed by atoms with van der Waals surface area (Å²) < 4.78 is 7.10. The standard InChI is InChI=1S/C24H28N4O2/c1-18-23(19(2)28(25-18)21-7-5-4-6-8-21)24(29)27-15-13-26(14-16-27)17-20-9-11-22(30-3)12-10-20/h4-12H,13-17H2,1-3H3/p+1. The summed E-state index contributed by atoms with van der Waals surface area (Å²) in [5.41, 5.74) is 4.69. The number of para-hydroxylation sites is 1. The molecule has 0 spiro atoms. The molecule has 1 aliphatic heterocycles. The van der Waals surface area contributed by atoms with Crippen molar-refractivity contribution in [1.82, 2.24) is 14.7 Å². The van der Waals surface area contributed by atoms with Gasteiger partial charge in [-0.15, -0.1) is 0 Å². The molecule has 0 saturated carbocycles. The minimum absolute atomic E-state index is 0.0932. The minimum atomic E-state index is 0.0932. The molecule has 2 aromatic carbocycles.